The van der Waals surface area contributed by atoms with Crippen LogP contribution in [0.25, 0.3) is 21.7 Å². The van der Waals surface area contributed by atoms with Gasteiger partial charge in [-0.25, -0.2) is 4.98 Å². The zero-order chi connectivity index (χ0) is 33.1. The van der Waals surface area contributed by atoms with Gasteiger partial charge in [0.05, 0.1) is 20.4 Å². The van der Waals surface area contributed by atoms with Crippen LogP contribution in [0.15, 0.2) is 97.1 Å². The van der Waals surface area contributed by atoms with Gasteiger partial charge in [0.1, 0.15) is 4.83 Å². The number of nitrogens with zero attached hydrogens (tertiary/aromatic N) is 3. The maximum Gasteiger partial charge on any atom is 0.270 e. The number of anilines is 1. The van der Waals surface area contributed by atoms with Crippen molar-refractivity contribution in [2.75, 3.05) is 12.3 Å². The summed E-state index contributed by atoms with van der Waals surface area (Å²) in [5.74, 6) is -0.120. The highest BCUT2D eigenvalue weighted by Gasteiger charge is 2.21. The molecule has 12 heteroatoms. The monoisotopic (exact) mass is 690 g/mol. The van der Waals surface area contributed by atoms with E-state index in [9.17, 15) is 25.0 Å². The Hall–Kier alpha value is -4.78. The van der Waals surface area contributed by atoms with Crippen molar-refractivity contribution in [1.82, 2.24) is 4.98 Å². The van der Waals surface area contributed by atoms with E-state index < -0.39 is 14.7 Å². The standard InChI is InChI=1S/C16H13N3O2S.C15H12BrNO3.C2H6O/c1-10-5-7-11(8-6-10)14-15(22-16(17)18-14)12-3-2-4-13(9-12)19(20)21;1-10-5-7-11(8-6-10)15(18)14(16)12-3-2-4-13(9-12)17(19)20;1-2-3/h2-9H,1H3,(H2,17,18);2-9,14H,1H3;3H,2H2,1H3. The third kappa shape index (κ3) is 9.60. The van der Waals surface area contributed by atoms with Gasteiger partial charge in [-0.2, -0.15) is 0 Å². The number of halogens is 1. The van der Waals surface area contributed by atoms with Crippen LogP contribution >= 0.6 is 27.3 Å². The molecule has 0 spiro atoms. The molecule has 0 amide bonds. The molecule has 10 nitrogen and oxygen atoms in total. The van der Waals surface area contributed by atoms with Crippen molar-refractivity contribution in [3.05, 3.63) is 140 Å². The molecular weight excluding hydrogens is 660 g/mol. The average molecular weight is 692 g/mol. The lowest BCUT2D eigenvalue weighted by molar-refractivity contribution is -0.385. The van der Waals surface area contributed by atoms with Gasteiger partial charge in [0, 0.05) is 47.6 Å². The van der Waals surface area contributed by atoms with Gasteiger partial charge < -0.3 is 10.8 Å². The number of nitrogen functional groups attached to an aromatic ring is 1. The third-order valence-corrected chi connectivity index (χ3v) is 8.11. The van der Waals surface area contributed by atoms with Gasteiger partial charge in [0.15, 0.2) is 10.9 Å². The van der Waals surface area contributed by atoms with Crippen LogP contribution in [0.2, 0.25) is 0 Å². The second kappa shape index (κ2) is 16.3. The molecule has 3 N–H and O–H groups in total. The van der Waals surface area contributed by atoms with Gasteiger partial charge in [0.25, 0.3) is 11.4 Å². The Kier molecular flexibility index (Phi) is 12.6. The van der Waals surface area contributed by atoms with Crippen molar-refractivity contribution in [2.24, 2.45) is 0 Å². The molecule has 0 saturated carbocycles. The molecule has 0 aliphatic carbocycles. The molecule has 1 heterocycles. The lowest BCUT2D eigenvalue weighted by Gasteiger charge is -2.09. The van der Waals surface area contributed by atoms with E-state index in [2.05, 4.69) is 20.9 Å². The second-order valence-corrected chi connectivity index (χ2v) is 11.6. The zero-order valence-electron chi connectivity index (χ0n) is 24.7. The van der Waals surface area contributed by atoms with Crippen LogP contribution in [0.5, 0.6) is 0 Å². The normalized spacial score (nSPS) is 10.9. The second-order valence-electron chi connectivity index (χ2n) is 9.66. The van der Waals surface area contributed by atoms with E-state index >= 15 is 0 Å². The number of nitro benzene ring substituents is 2. The number of rotatable bonds is 7. The number of thiazole rings is 1. The number of benzene rings is 4. The molecule has 0 fully saturated rings. The van der Waals surface area contributed by atoms with Crippen molar-refractivity contribution in [2.45, 2.75) is 25.6 Å². The van der Waals surface area contributed by atoms with Crippen LogP contribution in [0, 0.1) is 34.1 Å². The van der Waals surface area contributed by atoms with E-state index in [-0.39, 0.29) is 23.8 Å². The highest BCUT2D eigenvalue weighted by molar-refractivity contribution is 9.09. The number of aliphatic hydroxyl groups excluding tert-OH is 1. The average Bonchev–Trinajstić information content (AvgIpc) is 3.43. The Bertz CT molecular complexity index is 1780. The predicted octanol–water partition coefficient (Wildman–Crippen LogP) is 8.50. The number of ketones is 1. The van der Waals surface area contributed by atoms with Crippen molar-refractivity contribution >= 4 is 49.6 Å². The van der Waals surface area contributed by atoms with Crippen LogP contribution in [0.3, 0.4) is 0 Å². The fourth-order valence-electron chi connectivity index (χ4n) is 4.01. The number of Topliss-reactive ketones (excluding diaryl/α,β-unsaturated/α-hetero) is 1. The van der Waals surface area contributed by atoms with Crippen molar-refractivity contribution in [3.63, 3.8) is 0 Å². The number of carbonyl (C=O) groups is 1. The third-order valence-electron chi connectivity index (χ3n) is 6.23. The molecule has 0 aliphatic rings. The maximum atomic E-state index is 12.3. The summed E-state index contributed by atoms with van der Waals surface area (Å²) in [6, 6.07) is 27.8. The van der Waals surface area contributed by atoms with E-state index in [1.165, 1.54) is 29.5 Å². The van der Waals surface area contributed by atoms with Gasteiger partial charge in [-0.05, 0) is 26.3 Å². The molecule has 1 aromatic heterocycles. The molecule has 232 valence electrons. The number of aryl methyl sites for hydroxylation is 2. The fourth-order valence-corrected chi connectivity index (χ4v) is 5.41. The Labute approximate surface area is 272 Å². The highest BCUT2D eigenvalue weighted by Crippen LogP contribution is 2.39. The van der Waals surface area contributed by atoms with Crippen LogP contribution in [-0.2, 0) is 0 Å². The number of aliphatic hydroxyl groups is 1. The number of carbonyl (C=O) groups excluding carboxylic acids is 1. The lowest BCUT2D eigenvalue weighted by atomic mass is 10.0. The first-order chi connectivity index (χ1) is 21.4. The molecule has 5 aromatic rings. The van der Waals surface area contributed by atoms with E-state index in [0.29, 0.717) is 16.3 Å². The number of non-ortho nitro benzene ring substituents is 2. The number of aromatic nitrogens is 1. The number of hydrogen-bond acceptors (Lipinski definition) is 9. The Morgan fingerprint density at radius 3 is 1.93 bits per heavy atom. The minimum Gasteiger partial charge on any atom is -0.397 e. The first-order valence-electron chi connectivity index (χ1n) is 13.6. The Balaban J connectivity index is 0.000000227. The summed E-state index contributed by atoms with van der Waals surface area (Å²) in [5.41, 5.74) is 11.7. The molecule has 0 radical (unpaired) electrons. The smallest absolute Gasteiger partial charge is 0.270 e. The molecule has 0 bridgehead atoms. The minimum atomic E-state index is -0.592. The summed E-state index contributed by atoms with van der Waals surface area (Å²) < 4.78 is 0. The van der Waals surface area contributed by atoms with Gasteiger partial charge in [-0.15, -0.1) is 0 Å². The van der Waals surface area contributed by atoms with Crippen molar-refractivity contribution < 1.29 is 19.7 Å². The SMILES string of the molecule is CCO.Cc1ccc(-c2nc(N)sc2-c2cccc([N+](=O)[O-])c2)cc1.Cc1ccc(C(=O)C(Br)c2cccc([N+](=O)[O-])c2)cc1. The van der Waals surface area contributed by atoms with E-state index in [1.54, 1.807) is 43.3 Å². The highest BCUT2D eigenvalue weighted by atomic mass is 79.9. The topological polar surface area (TPSA) is 162 Å². The predicted molar refractivity (Wildman–Crippen MR) is 182 cm³/mol. The molecule has 0 saturated heterocycles. The van der Waals surface area contributed by atoms with Crippen LogP contribution in [0.1, 0.15) is 38.8 Å². The first-order valence-corrected chi connectivity index (χ1v) is 15.4. The number of hydrogen-bond donors (Lipinski definition) is 2. The first kappa shape index (κ1) is 34.7. The minimum absolute atomic E-state index is 0.0244. The Morgan fingerprint density at radius 2 is 1.38 bits per heavy atom. The van der Waals surface area contributed by atoms with Gasteiger partial charge in [0.2, 0.25) is 0 Å². The Morgan fingerprint density at radius 1 is 0.867 bits per heavy atom. The van der Waals surface area contributed by atoms with Crippen LogP contribution in [-0.4, -0.2) is 32.3 Å². The molecule has 1 atom stereocenters. The lowest BCUT2D eigenvalue weighted by Crippen LogP contribution is -2.07. The van der Waals surface area contributed by atoms with Crippen LogP contribution < -0.4 is 5.73 Å². The van der Waals surface area contributed by atoms with E-state index in [0.717, 1.165) is 32.8 Å². The number of alkyl halides is 1. The summed E-state index contributed by atoms with van der Waals surface area (Å²) in [7, 11) is 0. The van der Waals surface area contributed by atoms with Gasteiger partial charge in [-0.1, -0.05) is 111 Å². The van der Waals surface area contributed by atoms with E-state index in [4.69, 9.17) is 10.8 Å². The van der Waals surface area contributed by atoms with E-state index in [1.807, 2.05) is 56.3 Å². The van der Waals surface area contributed by atoms with Crippen LogP contribution in [0.4, 0.5) is 16.5 Å². The molecule has 4 aromatic carbocycles. The maximum absolute atomic E-state index is 12.3. The largest absolute Gasteiger partial charge is 0.397 e. The quantitative estimate of drug-likeness (QED) is 0.0743. The number of nitrogens with two attached hydrogens (primary N) is 1. The summed E-state index contributed by atoms with van der Waals surface area (Å²) in [6.07, 6.45) is 0. The summed E-state index contributed by atoms with van der Waals surface area (Å²) in [5, 5.41) is 29.7. The fraction of sp³-hybridized carbons (Fsp3) is 0.152. The molecule has 1 unspecified atom stereocenters. The molecule has 45 heavy (non-hydrogen) atoms. The van der Waals surface area contributed by atoms with Gasteiger partial charge in [-0.3, -0.25) is 25.0 Å². The zero-order valence-corrected chi connectivity index (χ0v) is 27.1. The summed E-state index contributed by atoms with van der Waals surface area (Å²) >= 11 is 4.65. The van der Waals surface area contributed by atoms with Crippen molar-refractivity contribution in [1.29, 1.82) is 0 Å². The summed E-state index contributed by atoms with van der Waals surface area (Å²) in [6.45, 7) is 5.89. The molecule has 0 aliphatic heterocycles. The molecule has 5 rings (SSSR count). The summed E-state index contributed by atoms with van der Waals surface area (Å²) in [4.78, 5) is 37.8. The number of nitro groups is 2. The molecular formula is C33H31BrN4O6S. The van der Waals surface area contributed by atoms with Gasteiger partial charge >= 0.3 is 0 Å². The van der Waals surface area contributed by atoms with Crippen molar-refractivity contribution in [3.8, 4) is 21.7 Å².